The summed E-state index contributed by atoms with van der Waals surface area (Å²) in [6.45, 7) is 2.95. The average Bonchev–Trinajstić information content (AvgIpc) is 2.60. The van der Waals surface area contributed by atoms with Crippen molar-refractivity contribution in [2.24, 2.45) is 0 Å². The monoisotopic (exact) mass is 359 g/mol. The highest BCUT2D eigenvalue weighted by atomic mass is 16.5. The molecule has 138 valence electrons. The summed E-state index contributed by atoms with van der Waals surface area (Å²) in [5.41, 5.74) is 0.517. The number of carbonyl (C=O) groups is 2. The zero-order valence-electron chi connectivity index (χ0n) is 14.7. The molecule has 0 fully saturated rings. The number of ether oxygens (including phenoxy) is 2. The molecule has 1 atom stereocenters. The zero-order valence-corrected chi connectivity index (χ0v) is 14.7. The molecule has 7 nitrogen and oxygen atoms in total. The molecule has 2 rings (SSSR count). The van der Waals surface area contributed by atoms with Crippen LogP contribution < -0.4 is 5.43 Å². The molecule has 0 bridgehead atoms. The molecule has 7 heteroatoms. The van der Waals surface area contributed by atoms with E-state index in [0.29, 0.717) is 5.69 Å². The molecule has 1 unspecified atom stereocenters. The molecular weight excluding hydrogens is 338 g/mol. The quantitative estimate of drug-likeness (QED) is 0.760. The Balaban J connectivity index is 2.34. The van der Waals surface area contributed by atoms with Gasteiger partial charge >= 0.3 is 11.9 Å². The average molecular weight is 359 g/mol. The van der Waals surface area contributed by atoms with Crippen molar-refractivity contribution in [1.82, 2.24) is 4.57 Å². The van der Waals surface area contributed by atoms with Gasteiger partial charge in [-0.05, 0) is 5.56 Å². The fraction of sp³-hybridized carbons (Fsp3) is 0.316. The number of benzene rings is 1. The highest BCUT2D eigenvalue weighted by Gasteiger charge is 2.20. The van der Waals surface area contributed by atoms with Crippen LogP contribution in [0.4, 0.5) is 0 Å². The number of rotatable bonds is 7. The molecule has 0 amide bonds. The van der Waals surface area contributed by atoms with Crippen molar-refractivity contribution in [3.63, 3.8) is 0 Å². The van der Waals surface area contributed by atoms with Gasteiger partial charge in [-0.1, -0.05) is 30.3 Å². The third-order valence-electron chi connectivity index (χ3n) is 3.76. The number of nitrogens with zero attached hydrogens (tertiary/aromatic N) is 1. The summed E-state index contributed by atoms with van der Waals surface area (Å²) >= 11 is 0. The molecule has 0 saturated carbocycles. The molecule has 0 radical (unpaired) electrons. The first-order valence-corrected chi connectivity index (χ1v) is 8.15. The number of hydrogen-bond donors (Lipinski definition) is 1. The molecule has 0 aliphatic heterocycles. The van der Waals surface area contributed by atoms with E-state index in [1.165, 1.54) is 26.1 Å². The smallest absolute Gasteiger partial charge is 0.303 e. The van der Waals surface area contributed by atoms with Crippen molar-refractivity contribution in [1.29, 1.82) is 0 Å². The van der Waals surface area contributed by atoms with Gasteiger partial charge in [0.05, 0.1) is 12.2 Å². The third kappa shape index (κ3) is 5.20. The number of carbonyl (C=O) groups excluding carboxylic acids is 2. The number of aromatic nitrogens is 1. The summed E-state index contributed by atoms with van der Waals surface area (Å²) in [4.78, 5) is 34.3. The van der Waals surface area contributed by atoms with Crippen LogP contribution in [0.5, 0.6) is 5.75 Å². The summed E-state index contributed by atoms with van der Waals surface area (Å²) in [6.07, 6.45) is 0.948. The van der Waals surface area contributed by atoms with Gasteiger partial charge in [0.15, 0.2) is 5.75 Å². The van der Waals surface area contributed by atoms with E-state index in [1.54, 1.807) is 16.7 Å². The lowest BCUT2D eigenvalue weighted by molar-refractivity contribution is -0.147. The van der Waals surface area contributed by atoms with E-state index in [9.17, 15) is 19.5 Å². The molecule has 1 N–H and O–H groups in total. The van der Waals surface area contributed by atoms with Crippen molar-refractivity contribution in [2.75, 3.05) is 6.61 Å². The van der Waals surface area contributed by atoms with Crippen LogP contribution in [-0.2, 0) is 32.0 Å². The van der Waals surface area contributed by atoms with E-state index in [1.807, 2.05) is 18.2 Å². The van der Waals surface area contributed by atoms with E-state index in [4.69, 9.17) is 9.47 Å². The largest absolute Gasteiger partial charge is 0.503 e. The first-order chi connectivity index (χ1) is 12.4. The van der Waals surface area contributed by atoms with Gasteiger partial charge < -0.3 is 19.1 Å². The van der Waals surface area contributed by atoms with Gasteiger partial charge in [0.2, 0.25) is 5.43 Å². The highest BCUT2D eigenvalue weighted by Crippen LogP contribution is 2.25. The molecule has 1 aromatic heterocycles. The Kier molecular flexibility index (Phi) is 6.54. The van der Waals surface area contributed by atoms with Gasteiger partial charge in [0.25, 0.3) is 0 Å². The Morgan fingerprint density at radius 1 is 1.12 bits per heavy atom. The fourth-order valence-corrected chi connectivity index (χ4v) is 2.59. The van der Waals surface area contributed by atoms with Crippen molar-refractivity contribution in [3.05, 3.63) is 64.1 Å². The normalized spacial score (nSPS) is 11.6. The molecular formula is C19H21NO6. The molecule has 1 heterocycles. The minimum absolute atomic E-state index is 0.0915. The van der Waals surface area contributed by atoms with Crippen LogP contribution in [0.2, 0.25) is 0 Å². The summed E-state index contributed by atoms with van der Waals surface area (Å²) in [6, 6.07) is 10.3. The minimum atomic E-state index is -0.665. The van der Waals surface area contributed by atoms with Crippen molar-refractivity contribution >= 4 is 11.9 Å². The van der Waals surface area contributed by atoms with Gasteiger partial charge in [-0.25, -0.2) is 0 Å². The minimum Gasteiger partial charge on any atom is -0.503 e. The van der Waals surface area contributed by atoms with E-state index in [0.717, 1.165) is 5.56 Å². The molecule has 26 heavy (non-hydrogen) atoms. The lowest BCUT2D eigenvalue weighted by atomic mass is 10.0. The maximum Gasteiger partial charge on any atom is 0.303 e. The molecule has 2 aromatic rings. The third-order valence-corrected chi connectivity index (χ3v) is 3.76. The van der Waals surface area contributed by atoms with Gasteiger partial charge in [0, 0.05) is 32.5 Å². The summed E-state index contributed by atoms with van der Waals surface area (Å²) < 4.78 is 11.9. The van der Waals surface area contributed by atoms with E-state index in [-0.39, 0.29) is 19.6 Å². The van der Waals surface area contributed by atoms with Crippen molar-refractivity contribution in [3.8, 4) is 5.75 Å². The summed E-state index contributed by atoms with van der Waals surface area (Å²) in [5, 5.41) is 10.2. The number of hydrogen-bond acceptors (Lipinski definition) is 6. The Labute approximate surface area is 150 Å². The molecule has 0 spiro atoms. The van der Waals surface area contributed by atoms with Gasteiger partial charge in [0.1, 0.15) is 12.7 Å². The van der Waals surface area contributed by atoms with Crippen LogP contribution in [0.15, 0.2) is 47.4 Å². The molecule has 0 aliphatic carbocycles. The van der Waals surface area contributed by atoms with E-state index >= 15 is 0 Å². The predicted molar refractivity (Wildman–Crippen MR) is 93.7 cm³/mol. The van der Waals surface area contributed by atoms with E-state index in [2.05, 4.69) is 0 Å². The number of pyridine rings is 1. The van der Waals surface area contributed by atoms with Crippen LogP contribution in [0.1, 0.15) is 31.2 Å². The van der Waals surface area contributed by atoms with Crippen LogP contribution in [0, 0.1) is 0 Å². The van der Waals surface area contributed by atoms with Crippen LogP contribution >= 0.6 is 0 Å². The van der Waals surface area contributed by atoms with E-state index < -0.39 is 29.2 Å². The molecule has 0 saturated heterocycles. The standard InChI is InChI=1S/C19H21NO6/c1-13(21)25-11-10-20-9-8-17(23)19(24)16(20)12-18(26-14(2)22)15-6-4-3-5-7-15/h3-9,18,24H,10-12H2,1-2H3. The lowest BCUT2D eigenvalue weighted by Crippen LogP contribution is -2.20. The lowest BCUT2D eigenvalue weighted by Gasteiger charge is -2.21. The first-order valence-electron chi connectivity index (χ1n) is 8.15. The van der Waals surface area contributed by atoms with Crippen LogP contribution in [0.3, 0.4) is 0 Å². The van der Waals surface area contributed by atoms with Crippen LogP contribution in [-0.4, -0.2) is 28.2 Å². The Morgan fingerprint density at radius 3 is 2.42 bits per heavy atom. The number of aromatic hydroxyl groups is 1. The predicted octanol–water partition coefficient (Wildman–Crippen LogP) is 1.96. The van der Waals surface area contributed by atoms with Gasteiger partial charge in [-0.2, -0.15) is 0 Å². The number of esters is 2. The topological polar surface area (TPSA) is 94.8 Å². The second kappa shape index (κ2) is 8.84. The second-order valence-corrected chi connectivity index (χ2v) is 5.72. The Hall–Kier alpha value is -3.09. The maximum absolute atomic E-state index is 11.9. The first kappa shape index (κ1) is 19.2. The SMILES string of the molecule is CC(=O)OCCn1ccc(=O)c(O)c1CC(OC(C)=O)c1ccccc1. The van der Waals surface area contributed by atoms with Crippen molar-refractivity contribution < 1.29 is 24.2 Å². The summed E-state index contributed by atoms with van der Waals surface area (Å²) in [5.74, 6) is -1.30. The zero-order chi connectivity index (χ0) is 19.1. The highest BCUT2D eigenvalue weighted by molar-refractivity contribution is 5.66. The summed E-state index contributed by atoms with van der Waals surface area (Å²) in [7, 11) is 0. The van der Waals surface area contributed by atoms with Gasteiger partial charge in [-0.15, -0.1) is 0 Å². The Bertz CT molecular complexity index is 828. The van der Waals surface area contributed by atoms with Crippen LogP contribution in [0.25, 0.3) is 0 Å². The molecule has 0 aliphatic rings. The fourth-order valence-electron chi connectivity index (χ4n) is 2.59. The van der Waals surface area contributed by atoms with Gasteiger partial charge in [-0.3, -0.25) is 14.4 Å². The van der Waals surface area contributed by atoms with Crippen molar-refractivity contribution in [2.45, 2.75) is 32.9 Å². The Morgan fingerprint density at radius 2 is 1.81 bits per heavy atom. The molecule has 1 aromatic carbocycles. The second-order valence-electron chi connectivity index (χ2n) is 5.72. The maximum atomic E-state index is 11.9.